The van der Waals surface area contributed by atoms with Crippen molar-refractivity contribution >= 4 is 65.6 Å². The van der Waals surface area contributed by atoms with E-state index in [0.717, 1.165) is 5.56 Å². The van der Waals surface area contributed by atoms with Gasteiger partial charge >= 0.3 is 25.6 Å². The quantitative estimate of drug-likeness (QED) is 0.0100. The number of hydrogen-bond donors (Lipinski definition) is 9. The summed E-state index contributed by atoms with van der Waals surface area (Å²) >= 11 is 0. The number of carbonyl (C=O) groups is 6. The summed E-state index contributed by atoms with van der Waals surface area (Å²) in [5.41, 5.74) is 9.84. The van der Waals surface area contributed by atoms with Gasteiger partial charge in [0.05, 0.1) is 352 Å². The highest BCUT2D eigenvalue weighted by Gasteiger charge is 2.46. The van der Waals surface area contributed by atoms with Crippen molar-refractivity contribution in [2.75, 3.05) is 334 Å². The number of aryl methyl sites for hydroxylation is 1. The van der Waals surface area contributed by atoms with Crippen molar-refractivity contribution in [3.05, 3.63) is 121 Å². The first-order valence-corrected chi connectivity index (χ1v) is 51.6. The minimum Gasteiger partial charge on any atom is -0.458 e. The smallest absolute Gasteiger partial charge is 0.407 e. The van der Waals surface area contributed by atoms with Gasteiger partial charge in [-0.05, 0) is 110 Å². The molecule has 4 heterocycles. The number of urea groups is 1. The number of terminal acetylenes is 1. The van der Waals surface area contributed by atoms with Crippen LogP contribution in [-0.2, 0) is 174 Å². The van der Waals surface area contributed by atoms with Crippen LogP contribution in [0.25, 0.3) is 22.3 Å². The molecule has 0 spiro atoms. The van der Waals surface area contributed by atoms with Crippen LogP contribution in [0.3, 0.4) is 0 Å². The first-order chi connectivity index (χ1) is 71.7. The number of hydrogen-bond acceptors (Lipinski definition) is 37. The highest BCUT2D eigenvalue weighted by molar-refractivity contribution is 7.65. The highest BCUT2D eigenvalue weighted by atomic mass is 31.2. The van der Waals surface area contributed by atoms with E-state index in [1.54, 1.807) is 58.0 Å². The summed E-state index contributed by atoms with van der Waals surface area (Å²) in [6, 6.07) is 11.3. The molecule has 0 bridgehead atoms. The molecule has 824 valence electrons. The Morgan fingerprint density at radius 3 is 1.34 bits per heavy atom. The minimum absolute atomic E-state index is 0.00816. The standard InChI is InChI=1S/C100H151FN9O36P/c1-6-100(119)83-69-88-92-81(71-110(88)96(115)82(83)73-144-97(100)116)90-85(19-18-80-75(5)84(101)70-87(105-92)89(80)90)107-99(118)145-72-76-10-14-78(15-11-76)104-94(113)86(9-8-20-103-98(102)117)106-95(114)91(74(3)4)108-93(112)77-12-16-79(17-13-77)109-147(120,7-2)146-68-67-143-66-65-142-64-63-141-62-61-140-60-59-139-58-57-138-56-55-137-54-53-136-52-51-135-50-49-134-48-47-133-46-45-132-44-43-131-42-41-130-40-39-129-38-37-128-36-35-127-34-33-126-32-31-125-30-29-124-28-27-123-26-25-122-24-23-121-22-21-111/h2,10-17,69-70,74,85-86,91,111,119H,6,8-9,18-68,71-73H2,1,3-5H3,(H,104,113)(H,106,114)(H,107,118)(H,108,112)(H,109,120)(H3,102,103,117)/t85-,86-,91-,100-,147?/m0/s1. The Bertz CT molecular complexity index is 4760. The maximum absolute atomic E-state index is 15.6. The molecule has 147 heavy (non-hydrogen) atoms. The number of esters is 1. The Hall–Kier alpha value is -9.08. The van der Waals surface area contributed by atoms with Crippen molar-refractivity contribution in [3.63, 3.8) is 0 Å². The molecular weight excluding hydrogens is 1950 g/mol. The van der Waals surface area contributed by atoms with Crippen LogP contribution in [0.1, 0.15) is 102 Å². The lowest BCUT2D eigenvalue weighted by atomic mass is 9.81. The first-order valence-electron chi connectivity index (χ1n) is 50.0. The number of alkyl carbamates (subject to hydrolysis) is 1. The largest absolute Gasteiger partial charge is 0.458 e. The Morgan fingerprint density at radius 1 is 0.551 bits per heavy atom. The van der Waals surface area contributed by atoms with Gasteiger partial charge in [-0.1, -0.05) is 32.9 Å². The van der Waals surface area contributed by atoms with Crippen molar-refractivity contribution in [3.8, 4) is 23.5 Å². The average Bonchev–Trinajstić information content (AvgIpc) is 1.58. The predicted molar refractivity (Wildman–Crippen MR) is 532 cm³/mol. The summed E-state index contributed by atoms with van der Waals surface area (Å²) in [7, 11) is -3.88. The van der Waals surface area contributed by atoms with Gasteiger partial charge in [-0.25, -0.2) is 23.8 Å². The number of anilines is 2. The van der Waals surface area contributed by atoms with Gasteiger partial charge in [0, 0.05) is 51.7 Å². The number of primary amides is 1. The molecule has 6 amide bonds. The average molecular weight is 2110 g/mol. The van der Waals surface area contributed by atoms with Crippen LogP contribution in [0, 0.1) is 30.7 Å². The third-order valence-electron chi connectivity index (χ3n) is 22.6. The number of carbonyl (C=O) groups excluding carboxylic acids is 6. The van der Waals surface area contributed by atoms with E-state index in [0.29, 0.717) is 347 Å². The molecule has 0 saturated heterocycles. The number of nitrogens with two attached hydrogens (primary N) is 1. The fourth-order valence-corrected chi connectivity index (χ4v) is 16.0. The van der Waals surface area contributed by atoms with E-state index in [9.17, 15) is 43.2 Å². The van der Waals surface area contributed by atoms with Gasteiger partial charge in [0.15, 0.2) is 5.60 Å². The fraction of sp³-hybridized carbons (Fsp3) is 0.660. The molecule has 3 aromatic carbocycles. The van der Waals surface area contributed by atoms with Crippen LogP contribution in [0.4, 0.5) is 25.4 Å². The van der Waals surface area contributed by atoms with Crippen molar-refractivity contribution in [2.24, 2.45) is 11.7 Å². The number of cyclic esters (lactones) is 1. The van der Waals surface area contributed by atoms with Crippen molar-refractivity contribution in [1.82, 2.24) is 30.8 Å². The third kappa shape index (κ3) is 47.1. The van der Waals surface area contributed by atoms with E-state index in [-0.39, 0.29) is 101 Å². The molecule has 3 aliphatic rings. The number of halogens is 1. The lowest BCUT2D eigenvalue weighted by molar-refractivity contribution is -0.172. The minimum atomic E-state index is -3.88. The van der Waals surface area contributed by atoms with E-state index in [2.05, 4.69) is 37.3 Å². The molecule has 1 unspecified atom stereocenters. The normalized spacial score (nSPS) is 14.9. The molecule has 47 heteroatoms. The topological polar surface area (TPSA) is 533 Å². The zero-order valence-electron chi connectivity index (χ0n) is 85.0. The number of pyridine rings is 2. The zero-order chi connectivity index (χ0) is 105. The highest BCUT2D eigenvalue weighted by Crippen LogP contribution is 2.47. The summed E-state index contributed by atoms with van der Waals surface area (Å²) in [4.78, 5) is 99.1. The Morgan fingerprint density at radius 2 is 0.952 bits per heavy atom. The maximum Gasteiger partial charge on any atom is 0.407 e. The van der Waals surface area contributed by atoms with Crippen LogP contribution in [0.5, 0.6) is 0 Å². The SMILES string of the molecule is C#CP(=O)(Nc1ccc(C(=O)N[C@H](C(=O)N[C@@H](CCCNC(N)=O)C(=O)Nc2ccc(COC(=O)N[C@H]3CCc4c(C)c(F)cc5nc6c(c3c45)Cn3c-6cc4c(c3=O)COC(=O)[C@]4(O)CC)cc2)C(C)C)cc1)OCCOCCOCCOCCOCCOCCOCCOCCOCCOCCOCCOCCOCCOCCOCCOCCOCCOCCOCCOCCOCCOCCOCCOCCO. The van der Waals surface area contributed by atoms with Gasteiger partial charge in [0.25, 0.3) is 11.5 Å². The van der Waals surface area contributed by atoms with Crippen LogP contribution in [-0.4, -0.2) is 391 Å². The van der Waals surface area contributed by atoms with Crippen molar-refractivity contribution in [1.29, 1.82) is 0 Å². The van der Waals surface area contributed by atoms with E-state index in [4.69, 9.17) is 145 Å². The second-order valence-electron chi connectivity index (χ2n) is 33.5. The van der Waals surface area contributed by atoms with E-state index < -0.39 is 84.4 Å². The number of amides is 6. The zero-order valence-corrected chi connectivity index (χ0v) is 85.9. The van der Waals surface area contributed by atoms with Gasteiger partial charge in [-0.2, -0.15) is 0 Å². The maximum atomic E-state index is 15.6. The second kappa shape index (κ2) is 74.0. The third-order valence-corrected chi connectivity index (χ3v) is 24.1. The van der Waals surface area contributed by atoms with Gasteiger partial charge in [0.1, 0.15) is 31.1 Å². The summed E-state index contributed by atoms with van der Waals surface area (Å²) in [6.07, 6.45) is 5.79. The molecule has 45 nitrogen and oxygen atoms in total. The van der Waals surface area contributed by atoms with Gasteiger partial charge in [0.2, 0.25) is 11.8 Å². The summed E-state index contributed by atoms with van der Waals surface area (Å²) in [5, 5.41) is 37.2. The molecule has 0 radical (unpaired) electrons. The van der Waals surface area contributed by atoms with Gasteiger partial charge in [-0.3, -0.25) is 23.7 Å². The Kier molecular flexibility index (Phi) is 62.0. The van der Waals surface area contributed by atoms with Crippen LogP contribution >= 0.6 is 7.52 Å². The number of rotatable bonds is 89. The molecule has 2 aliphatic heterocycles. The molecule has 0 saturated carbocycles. The van der Waals surface area contributed by atoms with Crippen LogP contribution < -0.4 is 43.0 Å². The molecule has 1 aliphatic carbocycles. The van der Waals surface area contributed by atoms with Gasteiger partial charge < -0.3 is 175 Å². The molecule has 5 aromatic rings. The number of benzene rings is 3. The van der Waals surface area contributed by atoms with Crippen LogP contribution in [0.15, 0.2) is 65.5 Å². The predicted octanol–water partition coefficient (Wildman–Crippen LogP) is 5.35. The van der Waals surface area contributed by atoms with Gasteiger partial charge in [-0.15, -0.1) is 6.42 Å². The lowest BCUT2D eigenvalue weighted by Crippen LogP contribution is -2.54. The number of fused-ring (bicyclic) bond motifs is 5. The second-order valence-corrected chi connectivity index (χ2v) is 35.4. The number of nitrogens with one attached hydrogen (secondary N) is 6. The Labute approximate surface area is 857 Å². The van der Waals surface area contributed by atoms with Crippen LogP contribution in [0.2, 0.25) is 0 Å². The fourth-order valence-electron chi connectivity index (χ4n) is 15.0. The molecule has 2 aromatic heterocycles. The molecule has 8 rings (SSSR count). The summed E-state index contributed by atoms with van der Waals surface area (Å²) in [6.45, 7) is 25.8. The number of ether oxygens (including phenoxy) is 25. The number of aliphatic hydroxyl groups excluding tert-OH is 1. The lowest BCUT2D eigenvalue weighted by Gasteiger charge is -2.31. The monoisotopic (exact) mass is 2100 g/mol. The molecular formula is C100H151FN9O36P. The number of aliphatic hydroxyl groups is 2. The van der Waals surface area contributed by atoms with Crippen molar-refractivity contribution in [2.45, 2.75) is 103 Å². The number of aromatic nitrogens is 2. The molecule has 0 fully saturated rings. The summed E-state index contributed by atoms with van der Waals surface area (Å²) < 4.78 is 174. The van der Waals surface area contributed by atoms with E-state index in [1.165, 1.54) is 34.9 Å². The van der Waals surface area contributed by atoms with E-state index in [1.807, 2.05) is 0 Å². The first kappa shape index (κ1) is 123. The summed E-state index contributed by atoms with van der Waals surface area (Å²) in [5.74, 6) is -3.77. The number of nitrogens with zero attached hydrogens (tertiary/aromatic N) is 2. The molecule has 5 atom stereocenters. The molecule has 10 N–H and O–H groups in total. The van der Waals surface area contributed by atoms with E-state index >= 15 is 4.39 Å². The Balaban J connectivity index is 0.541. The van der Waals surface area contributed by atoms with Crippen molar-refractivity contribution < 1.29 is 171 Å².